The van der Waals surface area contributed by atoms with E-state index >= 15 is 0 Å². The Morgan fingerprint density at radius 1 is 1.17 bits per heavy atom. The predicted octanol–water partition coefficient (Wildman–Crippen LogP) is 2.49. The average molecular weight is 368 g/mol. The van der Waals surface area contributed by atoms with E-state index in [4.69, 9.17) is 4.74 Å². The number of rotatable bonds is 8. The summed E-state index contributed by atoms with van der Waals surface area (Å²) in [6, 6.07) is 10.7. The van der Waals surface area contributed by atoms with Crippen molar-refractivity contribution >= 4 is 33.0 Å². The molecule has 2 N–H and O–H groups in total. The van der Waals surface area contributed by atoms with Gasteiger partial charge in [-0.25, -0.2) is 13.1 Å². The maximum absolute atomic E-state index is 12.2. The fourth-order valence-electron chi connectivity index (χ4n) is 1.99. The first-order chi connectivity index (χ1) is 11.4. The highest BCUT2D eigenvalue weighted by Crippen LogP contribution is 2.20. The Labute approximate surface area is 145 Å². The van der Waals surface area contributed by atoms with Gasteiger partial charge in [-0.15, -0.1) is 11.3 Å². The number of thiophene rings is 1. The standard InChI is InChI=1S/C16H20N2O4S2/c1-3-22-13-6-4-12(5-7-13)18-16(19)15-9-8-14(23-15)10-11-17-24(2,20)21/h4-9,17H,3,10-11H2,1-2H3,(H,18,19). The molecule has 6 nitrogen and oxygen atoms in total. The number of benzene rings is 1. The maximum Gasteiger partial charge on any atom is 0.265 e. The van der Waals surface area contributed by atoms with Crippen LogP contribution < -0.4 is 14.8 Å². The molecule has 2 aromatic rings. The topological polar surface area (TPSA) is 84.5 Å². The molecule has 24 heavy (non-hydrogen) atoms. The first-order valence-electron chi connectivity index (χ1n) is 7.45. The van der Waals surface area contributed by atoms with Gasteiger partial charge in [-0.05, 0) is 49.7 Å². The number of hydrogen-bond donors (Lipinski definition) is 2. The van der Waals surface area contributed by atoms with Crippen LogP contribution in [-0.4, -0.2) is 33.7 Å². The molecule has 1 amide bonds. The molecular weight excluding hydrogens is 348 g/mol. The molecule has 0 unspecified atom stereocenters. The van der Waals surface area contributed by atoms with E-state index in [0.717, 1.165) is 16.9 Å². The molecule has 0 saturated heterocycles. The molecule has 130 valence electrons. The zero-order valence-corrected chi connectivity index (χ0v) is 15.2. The summed E-state index contributed by atoms with van der Waals surface area (Å²) in [5, 5.41) is 2.83. The van der Waals surface area contributed by atoms with Crippen LogP contribution in [0.1, 0.15) is 21.5 Å². The van der Waals surface area contributed by atoms with Crippen LogP contribution >= 0.6 is 11.3 Å². The molecule has 8 heteroatoms. The van der Waals surface area contributed by atoms with Crippen LogP contribution in [0.5, 0.6) is 5.75 Å². The van der Waals surface area contributed by atoms with E-state index in [0.29, 0.717) is 30.1 Å². The predicted molar refractivity (Wildman–Crippen MR) is 96.4 cm³/mol. The lowest BCUT2D eigenvalue weighted by Crippen LogP contribution is -2.24. The lowest BCUT2D eigenvalue weighted by Gasteiger charge is -2.06. The molecule has 0 spiro atoms. The quantitative estimate of drug-likeness (QED) is 0.750. The van der Waals surface area contributed by atoms with E-state index in [1.165, 1.54) is 11.3 Å². The van der Waals surface area contributed by atoms with Crippen LogP contribution in [-0.2, 0) is 16.4 Å². The van der Waals surface area contributed by atoms with Crippen molar-refractivity contribution in [3.05, 3.63) is 46.2 Å². The van der Waals surface area contributed by atoms with Gasteiger partial charge < -0.3 is 10.1 Å². The van der Waals surface area contributed by atoms with Crippen molar-refractivity contribution in [3.63, 3.8) is 0 Å². The maximum atomic E-state index is 12.2. The fourth-order valence-corrected chi connectivity index (χ4v) is 3.36. The van der Waals surface area contributed by atoms with Gasteiger partial charge in [0.05, 0.1) is 17.7 Å². The van der Waals surface area contributed by atoms with Crippen molar-refractivity contribution in [3.8, 4) is 5.75 Å². The number of carbonyl (C=O) groups excluding carboxylic acids is 1. The molecule has 0 bridgehead atoms. The van der Waals surface area contributed by atoms with Crippen molar-refractivity contribution in [2.75, 3.05) is 24.7 Å². The van der Waals surface area contributed by atoms with Crippen LogP contribution in [0.4, 0.5) is 5.69 Å². The highest BCUT2D eigenvalue weighted by Gasteiger charge is 2.10. The van der Waals surface area contributed by atoms with Crippen molar-refractivity contribution in [1.82, 2.24) is 4.72 Å². The Hall–Kier alpha value is -1.90. The van der Waals surface area contributed by atoms with Gasteiger partial charge in [0.25, 0.3) is 5.91 Å². The smallest absolute Gasteiger partial charge is 0.265 e. The Balaban J connectivity index is 1.90. The summed E-state index contributed by atoms with van der Waals surface area (Å²) in [6.07, 6.45) is 1.67. The number of ether oxygens (including phenoxy) is 1. The second-order valence-electron chi connectivity index (χ2n) is 5.09. The van der Waals surface area contributed by atoms with Crippen LogP contribution in [0.2, 0.25) is 0 Å². The zero-order chi connectivity index (χ0) is 17.6. The molecule has 1 aromatic heterocycles. The van der Waals surface area contributed by atoms with Crippen LogP contribution in [0.3, 0.4) is 0 Å². The number of nitrogens with one attached hydrogen (secondary N) is 2. The van der Waals surface area contributed by atoms with Gasteiger partial charge >= 0.3 is 0 Å². The molecule has 1 aromatic carbocycles. The van der Waals surface area contributed by atoms with Crippen molar-refractivity contribution in [2.24, 2.45) is 0 Å². The summed E-state index contributed by atoms with van der Waals surface area (Å²) in [7, 11) is -3.19. The molecule has 0 aliphatic heterocycles. The summed E-state index contributed by atoms with van der Waals surface area (Å²) in [5.41, 5.74) is 0.692. The minimum absolute atomic E-state index is 0.188. The largest absolute Gasteiger partial charge is 0.494 e. The summed E-state index contributed by atoms with van der Waals surface area (Å²) in [5.74, 6) is 0.568. The van der Waals surface area contributed by atoms with Crippen LogP contribution in [0, 0.1) is 0 Å². The van der Waals surface area contributed by atoms with Gasteiger partial charge in [-0.2, -0.15) is 0 Å². The first kappa shape index (κ1) is 18.4. The highest BCUT2D eigenvalue weighted by molar-refractivity contribution is 7.88. The minimum Gasteiger partial charge on any atom is -0.494 e. The minimum atomic E-state index is -3.19. The number of carbonyl (C=O) groups is 1. The molecular formula is C16H20N2O4S2. The molecule has 0 aliphatic rings. The SMILES string of the molecule is CCOc1ccc(NC(=O)c2ccc(CCNS(C)(=O)=O)s2)cc1. The molecule has 1 heterocycles. The number of hydrogen-bond acceptors (Lipinski definition) is 5. The fraction of sp³-hybridized carbons (Fsp3) is 0.312. The third-order valence-electron chi connectivity index (χ3n) is 3.04. The third kappa shape index (κ3) is 5.95. The van der Waals surface area contributed by atoms with Gasteiger partial charge in [-0.3, -0.25) is 4.79 Å². The lowest BCUT2D eigenvalue weighted by atomic mass is 10.3. The van der Waals surface area contributed by atoms with E-state index in [-0.39, 0.29) is 5.91 Å². The lowest BCUT2D eigenvalue weighted by molar-refractivity contribution is 0.103. The Kier molecular flexibility index (Phi) is 6.36. The van der Waals surface area contributed by atoms with Crippen molar-refractivity contribution < 1.29 is 17.9 Å². The normalized spacial score (nSPS) is 11.2. The number of sulfonamides is 1. The summed E-state index contributed by atoms with van der Waals surface area (Å²) >= 11 is 1.35. The van der Waals surface area contributed by atoms with Crippen molar-refractivity contribution in [2.45, 2.75) is 13.3 Å². The third-order valence-corrected chi connectivity index (χ3v) is 4.92. The molecule has 0 radical (unpaired) electrons. The summed E-state index contributed by atoms with van der Waals surface area (Å²) < 4.78 is 29.8. The van der Waals surface area contributed by atoms with Gasteiger partial charge in [0.1, 0.15) is 5.75 Å². The highest BCUT2D eigenvalue weighted by atomic mass is 32.2. The van der Waals surface area contributed by atoms with E-state index in [9.17, 15) is 13.2 Å². The monoisotopic (exact) mass is 368 g/mol. The molecule has 2 rings (SSSR count). The Bertz CT molecular complexity index is 783. The molecule has 0 fully saturated rings. The van der Waals surface area contributed by atoms with E-state index in [2.05, 4.69) is 10.0 Å². The second-order valence-corrected chi connectivity index (χ2v) is 8.10. The van der Waals surface area contributed by atoms with Gasteiger partial charge in [0.2, 0.25) is 10.0 Å². The van der Waals surface area contributed by atoms with E-state index < -0.39 is 10.0 Å². The molecule has 0 aliphatic carbocycles. The van der Waals surface area contributed by atoms with Gasteiger partial charge in [-0.1, -0.05) is 0 Å². The van der Waals surface area contributed by atoms with Gasteiger partial charge in [0.15, 0.2) is 0 Å². The zero-order valence-electron chi connectivity index (χ0n) is 13.5. The summed E-state index contributed by atoms with van der Waals surface area (Å²) in [4.78, 5) is 13.8. The Morgan fingerprint density at radius 3 is 2.50 bits per heavy atom. The van der Waals surface area contributed by atoms with Crippen LogP contribution in [0.25, 0.3) is 0 Å². The first-order valence-corrected chi connectivity index (χ1v) is 10.2. The van der Waals surface area contributed by atoms with Crippen molar-refractivity contribution in [1.29, 1.82) is 0 Å². The number of anilines is 1. The summed E-state index contributed by atoms with van der Waals surface area (Å²) in [6.45, 7) is 2.83. The second kappa shape index (κ2) is 8.27. The van der Waals surface area contributed by atoms with Crippen LogP contribution in [0.15, 0.2) is 36.4 Å². The number of amides is 1. The Morgan fingerprint density at radius 2 is 1.88 bits per heavy atom. The van der Waals surface area contributed by atoms with E-state index in [1.807, 2.05) is 13.0 Å². The van der Waals surface area contributed by atoms with Gasteiger partial charge in [0, 0.05) is 17.1 Å². The van der Waals surface area contributed by atoms with E-state index in [1.54, 1.807) is 30.3 Å². The average Bonchev–Trinajstić information content (AvgIpc) is 2.97. The molecule has 0 atom stereocenters. The molecule has 0 saturated carbocycles.